The van der Waals surface area contributed by atoms with Crippen molar-refractivity contribution < 1.29 is 19.8 Å². The van der Waals surface area contributed by atoms with E-state index in [1.807, 2.05) is 41.5 Å². The van der Waals surface area contributed by atoms with E-state index in [4.69, 9.17) is 10.2 Å². The summed E-state index contributed by atoms with van der Waals surface area (Å²) in [6.07, 6.45) is -1.78. The lowest BCUT2D eigenvalue weighted by Gasteiger charge is -2.15. The molecule has 0 aliphatic rings. The topological polar surface area (TPSA) is 98.7 Å². The Morgan fingerprint density at radius 1 is 0.778 bits per heavy atom. The van der Waals surface area contributed by atoms with Gasteiger partial charge in [0.1, 0.15) is 19.4 Å². The molecule has 0 bridgehead atoms. The Morgan fingerprint density at radius 3 is 1.06 bits per heavy atom. The van der Waals surface area contributed by atoms with Crippen LogP contribution in [-0.2, 0) is 0 Å². The summed E-state index contributed by atoms with van der Waals surface area (Å²) in [4.78, 5) is 24.8. The molecule has 0 fully saturated rings. The quantitative estimate of drug-likeness (QED) is 0.573. The monoisotopic (exact) mass is 294 g/mol. The maximum Gasteiger partial charge on any atom is 0.396 e. The zero-order chi connectivity index (χ0) is 15.0. The summed E-state index contributed by atoms with van der Waals surface area (Å²) in [6.45, 7) is 12.2. The summed E-state index contributed by atoms with van der Waals surface area (Å²) < 4.78 is 0. The van der Waals surface area contributed by atoms with Gasteiger partial charge >= 0.3 is 12.2 Å². The molecule has 0 saturated carbocycles. The molecule has 6 nitrogen and oxygen atoms in total. The molecule has 0 radical (unpaired) electrons. The second-order valence-electron chi connectivity index (χ2n) is 6.44. The van der Waals surface area contributed by atoms with Gasteiger partial charge in [-0.1, -0.05) is 41.5 Å². The van der Waals surface area contributed by atoms with E-state index in [0.717, 1.165) is 0 Å². The fourth-order valence-electron chi connectivity index (χ4n) is 0.682. The average molecular weight is 295 g/mol. The molecule has 0 unspecified atom stereocenters. The molecule has 8 heteroatoms. The van der Waals surface area contributed by atoms with Gasteiger partial charge in [-0.3, -0.25) is 0 Å². The number of nitrogens with one attached hydrogen (secondary N) is 2. The number of hydrogen-bond acceptors (Lipinski definition) is 2. The summed E-state index contributed by atoms with van der Waals surface area (Å²) in [5.74, 6) is 0. The van der Waals surface area contributed by atoms with E-state index in [2.05, 4.69) is 9.96 Å². The maximum absolute atomic E-state index is 9.97. The van der Waals surface area contributed by atoms with Crippen LogP contribution in [0.1, 0.15) is 41.5 Å². The van der Waals surface area contributed by atoms with Crippen LogP contribution >= 0.6 is 0 Å². The second kappa shape index (κ2) is 8.14. The first-order valence-electron chi connectivity index (χ1n) is 5.77. The Bertz CT molecular complexity index is 244. The standard InChI is InChI=1S/2C5H13NO2Si/c2*1-5(2,3)9-6-4(7)8/h2*6H,9H2,1-3H3,(H,7,8). The highest BCUT2D eigenvalue weighted by molar-refractivity contribution is 6.40. The highest BCUT2D eigenvalue weighted by atomic mass is 28.2. The fraction of sp³-hybridized carbons (Fsp3) is 0.800. The maximum atomic E-state index is 9.97. The van der Waals surface area contributed by atoms with E-state index in [1.54, 1.807) is 0 Å². The van der Waals surface area contributed by atoms with E-state index in [-0.39, 0.29) is 10.1 Å². The van der Waals surface area contributed by atoms with Gasteiger partial charge in [-0.2, -0.15) is 0 Å². The van der Waals surface area contributed by atoms with E-state index >= 15 is 0 Å². The van der Waals surface area contributed by atoms with Crippen LogP contribution in [0.4, 0.5) is 9.59 Å². The summed E-state index contributed by atoms with van der Waals surface area (Å²) >= 11 is 0. The second-order valence-corrected chi connectivity index (χ2v) is 12.1. The third kappa shape index (κ3) is 24.3. The first-order valence-corrected chi connectivity index (χ1v) is 8.60. The van der Waals surface area contributed by atoms with E-state index in [0.29, 0.717) is 0 Å². The average Bonchev–Trinajstić information content (AvgIpc) is 2.10. The lowest BCUT2D eigenvalue weighted by atomic mass is 10.3. The lowest BCUT2D eigenvalue weighted by molar-refractivity contribution is 0.199. The van der Waals surface area contributed by atoms with Crippen molar-refractivity contribution in [1.29, 1.82) is 0 Å². The number of hydrogen-bond donors (Lipinski definition) is 4. The Morgan fingerprint density at radius 2 is 1.00 bits per heavy atom. The van der Waals surface area contributed by atoms with Gasteiger partial charge < -0.3 is 20.2 Å². The van der Waals surface area contributed by atoms with Gasteiger partial charge in [0.15, 0.2) is 0 Å². The van der Waals surface area contributed by atoms with Crippen molar-refractivity contribution in [2.45, 2.75) is 51.6 Å². The summed E-state index contributed by atoms with van der Waals surface area (Å²) in [5, 5.41) is 16.8. The van der Waals surface area contributed by atoms with Crippen LogP contribution in [0.3, 0.4) is 0 Å². The SMILES string of the molecule is CC(C)(C)[SiH2]NC(=O)O.CC(C)(C)[SiH2]NC(=O)O. The zero-order valence-corrected chi connectivity index (χ0v) is 15.0. The van der Waals surface area contributed by atoms with Crippen molar-refractivity contribution >= 4 is 31.5 Å². The predicted octanol–water partition coefficient (Wildman–Crippen LogP) is 1.11. The molecule has 4 N–H and O–H groups in total. The lowest BCUT2D eigenvalue weighted by Crippen LogP contribution is -2.31. The summed E-state index contributed by atoms with van der Waals surface area (Å²) in [5.41, 5.74) is 0. The first-order chi connectivity index (χ1) is 7.83. The van der Waals surface area contributed by atoms with Gasteiger partial charge in [0.25, 0.3) is 0 Å². The van der Waals surface area contributed by atoms with Crippen molar-refractivity contribution in [2.75, 3.05) is 0 Å². The molecule has 0 saturated heterocycles. The molecule has 0 rings (SSSR count). The van der Waals surface area contributed by atoms with Crippen LogP contribution in [0.2, 0.25) is 10.1 Å². The number of rotatable bonds is 2. The Labute approximate surface area is 113 Å². The molecule has 18 heavy (non-hydrogen) atoms. The van der Waals surface area contributed by atoms with Crippen LogP contribution in [0.25, 0.3) is 0 Å². The van der Waals surface area contributed by atoms with Crippen molar-refractivity contribution in [3.8, 4) is 0 Å². The molecule has 108 valence electrons. The smallest absolute Gasteiger partial charge is 0.396 e. The molecule has 0 spiro atoms. The number of amides is 2. The number of carboxylic acid groups (broad SMARTS) is 2. The molecule has 0 aliphatic heterocycles. The van der Waals surface area contributed by atoms with Crippen molar-refractivity contribution in [2.24, 2.45) is 0 Å². The normalized spacial score (nSPS) is 12.3. The van der Waals surface area contributed by atoms with Crippen LogP contribution < -0.4 is 9.96 Å². The predicted molar refractivity (Wildman–Crippen MR) is 78.8 cm³/mol. The van der Waals surface area contributed by atoms with Crippen LogP contribution in [0.15, 0.2) is 0 Å². The summed E-state index contributed by atoms with van der Waals surface area (Å²) in [7, 11) is -1.29. The van der Waals surface area contributed by atoms with Gasteiger partial charge in [0.2, 0.25) is 0 Å². The van der Waals surface area contributed by atoms with Gasteiger partial charge in [-0.25, -0.2) is 9.59 Å². The molecular formula is C10H26N2O4Si2. The molecule has 0 atom stereocenters. The molecule has 0 aromatic rings. The molecular weight excluding hydrogens is 268 g/mol. The van der Waals surface area contributed by atoms with Gasteiger partial charge in [0, 0.05) is 0 Å². The molecule has 2 amide bonds. The Balaban J connectivity index is 0. The fourth-order valence-corrected chi connectivity index (χ4v) is 2.04. The third-order valence-electron chi connectivity index (χ3n) is 1.54. The highest BCUT2D eigenvalue weighted by Gasteiger charge is 2.12. The molecule has 0 aromatic carbocycles. The Kier molecular flexibility index (Phi) is 8.74. The highest BCUT2D eigenvalue weighted by Crippen LogP contribution is 2.18. The zero-order valence-electron chi connectivity index (χ0n) is 12.1. The molecule has 0 aromatic heterocycles. The van der Waals surface area contributed by atoms with Crippen molar-refractivity contribution in [1.82, 2.24) is 9.96 Å². The largest absolute Gasteiger partial charge is 0.466 e. The summed E-state index contributed by atoms with van der Waals surface area (Å²) in [6, 6.07) is 0. The minimum absolute atomic E-state index is 0.179. The van der Waals surface area contributed by atoms with E-state index in [9.17, 15) is 9.59 Å². The van der Waals surface area contributed by atoms with Crippen LogP contribution in [-0.4, -0.2) is 41.8 Å². The van der Waals surface area contributed by atoms with Crippen LogP contribution in [0.5, 0.6) is 0 Å². The number of carbonyl (C=O) groups is 2. The van der Waals surface area contributed by atoms with E-state index in [1.165, 1.54) is 0 Å². The van der Waals surface area contributed by atoms with Gasteiger partial charge in [0.05, 0.1) is 0 Å². The van der Waals surface area contributed by atoms with Crippen molar-refractivity contribution in [3.63, 3.8) is 0 Å². The first kappa shape index (κ1) is 19.3. The van der Waals surface area contributed by atoms with Gasteiger partial charge in [-0.05, 0) is 10.1 Å². The minimum Gasteiger partial charge on any atom is -0.466 e. The van der Waals surface area contributed by atoms with Crippen molar-refractivity contribution in [3.05, 3.63) is 0 Å². The molecule has 0 aliphatic carbocycles. The third-order valence-corrected chi connectivity index (χ3v) is 4.62. The molecule has 0 heterocycles. The minimum atomic E-state index is -0.892. The van der Waals surface area contributed by atoms with Crippen LogP contribution in [0, 0.1) is 0 Å². The Hall–Kier alpha value is -1.03. The van der Waals surface area contributed by atoms with Gasteiger partial charge in [-0.15, -0.1) is 0 Å². The van der Waals surface area contributed by atoms with E-state index < -0.39 is 31.5 Å².